The summed E-state index contributed by atoms with van der Waals surface area (Å²) in [6, 6.07) is 0. The van der Waals surface area contributed by atoms with Gasteiger partial charge in [-0.3, -0.25) is 10.1 Å². The summed E-state index contributed by atoms with van der Waals surface area (Å²) in [7, 11) is 1.66. The van der Waals surface area contributed by atoms with Gasteiger partial charge >= 0.3 is 5.69 Å². The number of hydrogen-bond acceptors (Lipinski definition) is 5. The number of anilines is 1. The molecule has 16 heavy (non-hydrogen) atoms. The summed E-state index contributed by atoms with van der Waals surface area (Å²) in [5.41, 5.74) is 5.70. The van der Waals surface area contributed by atoms with E-state index in [2.05, 4.69) is 10.4 Å². The number of rotatable bonds is 5. The van der Waals surface area contributed by atoms with Crippen molar-refractivity contribution in [1.82, 2.24) is 9.78 Å². The zero-order valence-electron chi connectivity index (χ0n) is 9.30. The van der Waals surface area contributed by atoms with Crippen molar-refractivity contribution in [3.8, 4) is 0 Å². The zero-order chi connectivity index (χ0) is 12.1. The first kappa shape index (κ1) is 12.2. The van der Waals surface area contributed by atoms with Crippen LogP contribution in [0.4, 0.5) is 11.5 Å². The lowest BCUT2D eigenvalue weighted by Gasteiger charge is -2.02. The van der Waals surface area contributed by atoms with Gasteiger partial charge in [0.15, 0.2) is 0 Å². The van der Waals surface area contributed by atoms with Gasteiger partial charge in [-0.2, -0.15) is 5.10 Å². The molecule has 0 amide bonds. The van der Waals surface area contributed by atoms with E-state index in [9.17, 15) is 10.1 Å². The summed E-state index contributed by atoms with van der Waals surface area (Å²) < 4.78 is 1.46. The number of nitro groups is 1. The summed E-state index contributed by atoms with van der Waals surface area (Å²) in [6.07, 6.45) is 3.59. The van der Waals surface area contributed by atoms with Gasteiger partial charge < -0.3 is 11.1 Å². The smallest absolute Gasteiger partial charge is 0.333 e. The van der Waals surface area contributed by atoms with Crippen molar-refractivity contribution >= 4 is 11.5 Å². The number of nitrogens with zero attached hydrogens (tertiary/aromatic N) is 3. The van der Waals surface area contributed by atoms with E-state index in [0.29, 0.717) is 24.6 Å². The molecule has 7 heteroatoms. The Hall–Kier alpha value is -1.89. The van der Waals surface area contributed by atoms with E-state index in [1.165, 1.54) is 4.68 Å². The average Bonchev–Trinajstić information content (AvgIpc) is 2.48. The fourth-order valence-electron chi connectivity index (χ4n) is 1.40. The summed E-state index contributed by atoms with van der Waals surface area (Å²) in [6.45, 7) is 2.55. The Morgan fingerprint density at radius 2 is 2.31 bits per heavy atom. The van der Waals surface area contributed by atoms with Gasteiger partial charge in [-0.05, 0) is 6.92 Å². The lowest BCUT2D eigenvalue weighted by molar-refractivity contribution is -0.384. The van der Waals surface area contributed by atoms with Crippen LogP contribution in [0.3, 0.4) is 0 Å². The molecule has 0 aromatic carbocycles. The van der Waals surface area contributed by atoms with Crippen molar-refractivity contribution in [2.75, 3.05) is 18.4 Å². The maximum atomic E-state index is 10.8. The van der Waals surface area contributed by atoms with Crippen molar-refractivity contribution in [1.29, 1.82) is 0 Å². The largest absolute Gasteiger partial charge is 0.361 e. The standard InChI is InChI=1S/C9H15N5O2/c1-7-8(14(15)16)9(13(2)12-7)11-6-4-3-5-10/h3-4,11H,5-6,10H2,1-2H3/b4-3+. The van der Waals surface area contributed by atoms with Gasteiger partial charge in [0.1, 0.15) is 5.69 Å². The molecule has 0 aliphatic carbocycles. The minimum atomic E-state index is -0.433. The normalized spacial score (nSPS) is 10.9. The van der Waals surface area contributed by atoms with Crippen LogP contribution in [0.1, 0.15) is 5.69 Å². The Labute approximate surface area is 93.1 Å². The fraction of sp³-hybridized carbons (Fsp3) is 0.444. The van der Waals surface area contributed by atoms with Crippen LogP contribution in [-0.2, 0) is 7.05 Å². The molecule has 0 bridgehead atoms. The molecule has 3 N–H and O–H groups in total. The molecule has 0 aliphatic heterocycles. The van der Waals surface area contributed by atoms with Gasteiger partial charge in [0.05, 0.1) is 4.92 Å². The highest BCUT2D eigenvalue weighted by molar-refractivity contribution is 5.59. The van der Waals surface area contributed by atoms with Crippen molar-refractivity contribution in [3.05, 3.63) is 28.0 Å². The molecule has 1 rings (SSSR count). The molecule has 0 atom stereocenters. The van der Waals surface area contributed by atoms with E-state index in [0.717, 1.165) is 0 Å². The van der Waals surface area contributed by atoms with Gasteiger partial charge in [-0.1, -0.05) is 12.2 Å². The van der Waals surface area contributed by atoms with Crippen LogP contribution < -0.4 is 11.1 Å². The van der Waals surface area contributed by atoms with E-state index < -0.39 is 4.92 Å². The highest BCUT2D eigenvalue weighted by Gasteiger charge is 2.22. The molecule has 0 radical (unpaired) electrons. The van der Waals surface area contributed by atoms with E-state index in [1.807, 2.05) is 6.08 Å². The van der Waals surface area contributed by atoms with Gasteiger partial charge in [-0.25, -0.2) is 4.68 Å². The van der Waals surface area contributed by atoms with Crippen molar-refractivity contribution in [2.24, 2.45) is 12.8 Å². The van der Waals surface area contributed by atoms with E-state index in [-0.39, 0.29) is 5.69 Å². The predicted octanol–water partition coefficient (Wildman–Crippen LogP) is 0.564. The van der Waals surface area contributed by atoms with E-state index in [1.54, 1.807) is 20.0 Å². The number of aryl methyl sites for hydroxylation is 2. The molecular weight excluding hydrogens is 210 g/mol. The number of aromatic nitrogens is 2. The number of hydrogen-bond donors (Lipinski definition) is 2. The fourth-order valence-corrected chi connectivity index (χ4v) is 1.40. The van der Waals surface area contributed by atoms with Gasteiger partial charge in [0, 0.05) is 20.1 Å². The van der Waals surface area contributed by atoms with E-state index in [4.69, 9.17) is 5.73 Å². The van der Waals surface area contributed by atoms with Crippen LogP contribution >= 0.6 is 0 Å². The molecule has 1 aromatic rings. The second-order valence-electron chi connectivity index (χ2n) is 3.25. The maximum Gasteiger partial charge on any atom is 0.333 e. The zero-order valence-corrected chi connectivity index (χ0v) is 9.30. The third kappa shape index (κ3) is 2.57. The Balaban J connectivity index is 2.86. The first-order chi connectivity index (χ1) is 7.57. The summed E-state index contributed by atoms with van der Waals surface area (Å²) in [4.78, 5) is 10.4. The summed E-state index contributed by atoms with van der Waals surface area (Å²) >= 11 is 0. The average molecular weight is 225 g/mol. The molecule has 0 fully saturated rings. The van der Waals surface area contributed by atoms with Crippen LogP contribution in [-0.4, -0.2) is 27.8 Å². The Bertz CT molecular complexity index is 410. The minimum absolute atomic E-state index is 0.0173. The molecule has 88 valence electrons. The molecule has 0 saturated heterocycles. The quantitative estimate of drug-likeness (QED) is 0.433. The second kappa shape index (κ2) is 5.26. The molecule has 0 unspecified atom stereocenters. The monoisotopic (exact) mass is 225 g/mol. The van der Waals surface area contributed by atoms with Gasteiger partial charge in [0.25, 0.3) is 0 Å². The molecule has 0 spiro atoms. The summed E-state index contributed by atoms with van der Waals surface area (Å²) in [5.74, 6) is 0.407. The first-order valence-electron chi connectivity index (χ1n) is 4.84. The van der Waals surface area contributed by atoms with E-state index >= 15 is 0 Å². The van der Waals surface area contributed by atoms with Crippen LogP contribution in [0.5, 0.6) is 0 Å². The van der Waals surface area contributed by atoms with Crippen molar-refractivity contribution in [3.63, 3.8) is 0 Å². The Kier molecular flexibility index (Phi) is 4.01. The molecule has 1 aromatic heterocycles. The molecule has 0 aliphatic rings. The van der Waals surface area contributed by atoms with Crippen molar-refractivity contribution < 1.29 is 4.92 Å². The number of nitrogens with one attached hydrogen (secondary N) is 1. The number of nitrogens with two attached hydrogens (primary N) is 1. The maximum absolute atomic E-state index is 10.8. The molecule has 7 nitrogen and oxygen atoms in total. The van der Waals surface area contributed by atoms with Crippen LogP contribution in [0.2, 0.25) is 0 Å². The van der Waals surface area contributed by atoms with Gasteiger partial charge in [-0.15, -0.1) is 0 Å². The third-order valence-corrected chi connectivity index (χ3v) is 2.06. The van der Waals surface area contributed by atoms with Crippen LogP contribution in [0.25, 0.3) is 0 Å². The lowest BCUT2D eigenvalue weighted by Crippen LogP contribution is -2.06. The Morgan fingerprint density at radius 3 is 2.88 bits per heavy atom. The minimum Gasteiger partial charge on any atom is -0.361 e. The Morgan fingerprint density at radius 1 is 1.62 bits per heavy atom. The highest BCUT2D eigenvalue weighted by atomic mass is 16.6. The van der Waals surface area contributed by atoms with Gasteiger partial charge in [0.2, 0.25) is 5.82 Å². The second-order valence-corrected chi connectivity index (χ2v) is 3.25. The first-order valence-corrected chi connectivity index (χ1v) is 4.84. The lowest BCUT2D eigenvalue weighted by atomic mass is 10.4. The van der Waals surface area contributed by atoms with Crippen LogP contribution in [0.15, 0.2) is 12.2 Å². The van der Waals surface area contributed by atoms with Crippen LogP contribution in [0, 0.1) is 17.0 Å². The predicted molar refractivity (Wildman–Crippen MR) is 61.3 cm³/mol. The SMILES string of the molecule is Cc1nn(C)c(NC/C=C/CN)c1[N+](=O)[O-]. The highest BCUT2D eigenvalue weighted by Crippen LogP contribution is 2.26. The molecular formula is C9H15N5O2. The topological polar surface area (TPSA) is 99.0 Å². The molecule has 0 saturated carbocycles. The van der Waals surface area contributed by atoms with Crippen molar-refractivity contribution in [2.45, 2.75) is 6.92 Å². The summed E-state index contributed by atoms with van der Waals surface area (Å²) in [5, 5.41) is 17.7. The molecule has 1 heterocycles. The third-order valence-electron chi connectivity index (χ3n) is 2.06.